The van der Waals surface area contributed by atoms with E-state index in [1.54, 1.807) is 36.4 Å². The van der Waals surface area contributed by atoms with Gasteiger partial charge in [0.1, 0.15) is 11.5 Å². The molecule has 0 aliphatic carbocycles. The van der Waals surface area contributed by atoms with Crippen LogP contribution < -0.4 is 0 Å². The van der Waals surface area contributed by atoms with Crippen LogP contribution in [0.3, 0.4) is 0 Å². The zero-order valence-corrected chi connectivity index (χ0v) is 16.2. The normalized spacial score (nSPS) is 19.6. The SMILES string of the molecule is O=C1C(=Cc2ccc(-c3ccccc3[N+](=O)[O-])o2)SC(=S)N1N1CCOCC1. The number of furan rings is 1. The summed E-state index contributed by atoms with van der Waals surface area (Å²) in [6.07, 6.45) is 1.61. The maximum absolute atomic E-state index is 12.8. The van der Waals surface area contributed by atoms with Crippen LogP contribution >= 0.6 is 24.0 Å². The summed E-state index contributed by atoms with van der Waals surface area (Å²) in [5.74, 6) is 0.582. The van der Waals surface area contributed by atoms with Crippen molar-refractivity contribution in [2.45, 2.75) is 0 Å². The molecule has 0 saturated carbocycles. The van der Waals surface area contributed by atoms with Gasteiger partial charge in [0.15, 0.2) is 4.32 Å². The average Bonchev–Trinajstić information content (AvgIpc) is 3.27. The lowest BCUT2D eigenvalue weighted by Crippen LogP contribution is -2.50. The standard InChI is InChI=1S/C18H15N3O5S2/c22-17-16(28-18(27)20(17)19-7-9-25-10-8-19)11-12-5-6-15(26-12)13-3-1-2-4-14(13)21(23)24/h1-6,11H,7-10H2. The Morgan fingerprint density at radius 2 is 1.93 bits per heavy atom. The maximum atomic E-state index is 12.8. The van der Waals surface area contributed by atoms with Crippen LogP contribution in [-0.4, -0.2) is 51.5 Å². The molecule has 2 aliphatic heterocycles. The van der Waals surface area contributed by atoms with Gasteiger partial charge in [-0.2, -0.15) is 0 Å². The number of rotatable bonds is 4. The molecule has 1 aromatic heterocycles. The van der Waals surface area contributed by atoms with Gasteiger partial charge in [0.05, 0.1) is 28.6 Å². The van der Waals surface area contributed by atoms with Crippen molar-refractivity contribution in [1.29, 1.82) is 0 Å². The number of hydrogen-bond acceptors (Lipinski definition) is 8. The molecule has 2 fully saturated rings. The van der Waals surface area contributed by atoms with Gasteiger partial charge in [0, 0.05) is 25.2 Å². The number of para-hydroxylation sites is 1. The van der Waals surface area contributed by atoms with E-state index in [2.05, 4.69) is 0 Å². The summed E-state index contributed by atoms with van der Waals surface area (Å²) in [7, 11) is 0. The van der Waals surface area contributed by atoms with Gasteiger partial charge >= 0.3 is 0 Å². The predicted molar refractivity (Wildman–Crippen MR) is 108 cm³/mol. The molecule has 2 aliphatic rings. The molecular weight excluding hydrogens is 402 g/mol. The molecule has 2 saturated heterocycles. The first-order chi connectivity index (χ1) is 13.5. The number of nitro groups is 1. The summed E-state index contributed by atoms with van der Waals surface area (Å²) in [4.78, 5) is 24.0. The first-order valence-corrected chi connectivity index (χ1v) is 9.71. The third-order valence-corrected chi connectivity index (χ3v) is 5.59. The van der Waals surface area contributed by atoms with Crippen LogP contribution in [0.15, 0.2) is 45.7 Å². The van der Waals surface area contributed by atoms with Crippen LogP contribution in [0, 0.1) is 10.1 Å². The summed E-state index contributed by atoms with van der Waals surface area (Å²) < 4.78 is 11.5. The van der Waals surface area contributed by atoms with E-state index in [-0.39, 0.29) is 11.6 Å². The summed E-state index contributed by atoms with van der Waals surface area (Å²) >= 11 is 6.56. The highest BCUT2D eigenvalue weighted by molar-refractivity contribution is 8.26. The Morgan fingerprint density at radius 3 is 2.68 bits per heavy atom. The molecule has 1 amide bonds. The van der Waals surface area contributed by atoms with Crippen molar-refractivity contribution in [3.63, 3.8) is 0 Å². The van der Waals surface area contributed by atoms with E-state index in [1.807, 2.05) is 5.01 Å². The highest BCUT2D eigenvalue weighted by atomic mass is 32.2. The number of thioether (sulfide) groups is 1. The second kappa shape index (κ2) is 7.84. The number of benzene rings is 1. The molecular formula is C18H15N3O5S2. The Balaban J connectivity index is 1.58. The smallest absolute Gasteiger partial charge is 0.281 e. The van der Waals surface area contributed by atoms with Crippen LogP contribution in [0.5, 0.6) is 0 Å². The minimum absolute atomic E-state index is 0.0398. The van der Waals surface area contributed by atoms with Crippen molar-refractivity contribution >= 4 is 46.0 Å². The van der Waals surface area contributed by atoms with E-state index >= 15 is 0 Å². The number of nitro benzene ring substituents is 1. The molecule has 8 nitrogen and oxygen atoms in total. The number of ether oxygens (including phenoxy) is 1. The fourth-order valence-corrected chi connectivity index (χ4v) is 4.29. The zero-order valence-electron chi connectivity index (χ0n) is 14.6. The quantitative estimate of drug-likeness (QED) is 0.324. The average molecular weight is 417 g/mol. The molecule has 0 N–H and O–H groups in total. The summed E-state index contributed by atoms with van der Waals surface area (Å²) in [5, 5.41) is 14.6. The van der Waals surface area contributed by atoms with E-state index in [0.717, 1.165) is 0 Å². The fraction of sp³-hybridized carbons (Fsp3) is 0.222. The summed E-state index contributed by atoms with van der Waals surface area (Å²) in [5.41, 5.74) is 0.343. The number of thiocarbonyl (C=S) groups is 1. The number of hydrazine groups is 1. The van der Waals surface area contributed by atoms with Gasteiger partial charge in [-0.15, -0.1) is 0 Å². The monoisotopic (exact) mass is 417 g/mol. The lowest BCUT2D eigenvalue weighted by atomic mass is 10.1. The molecule has 2 aromatic rings. The molecule has 0 unspecified atom stereocenters. The minimum Gasteiger partial charge on any atom is -0.456 e. The minimum atomic E-state index is -0.453. The fourth-order valence-electron chi connectivity index (χ4n) is 3.00. The lowest BCUT2D eigenvalue weighted by Gasteiger charge is -2.33. The second-order valence-corrected chi connectivity index (χ2v) is 7.71. The van der Waals surface area contributed by atoms with Gasteiger partial charge in [0.2, 0.25) is 0 Å². The molecule has 1 aromatic carbocycles. The zero-order chi connectivity index (χ0) is 19.7. The van der Waals surface area contributed by atoms with E-state index in [1.165, 1.54) is 22.8 Å². The first-order valence-electron chi connectivity index (χ1n) is 8.49. The Hall–Kier alpha value is -2.53. The molecule has 4 rings (SSSR count). The summed E-state index contributed by atoms with van der Waals surface area (Å²) in [6, 6.07) is 9.67. The molecule has 28 heavy (non-hydrogen) atoms. The van der Waals surface area contributed by atoms with Crippen LogP contribution in [0.1, 0.15) is 5.76 Å². The Labute approximate surface area is 169 Å². The number of amides is 1. The molecule has 10 heteroatoms. The van der Waals surface area contributed by atoms with Crippen molar-refractivity contribution in [2.24, 2.45) is 0 Å². The molecule has 0 radical (unpaired) electrons. The molecule has 0 spiro atoms. The highest BCUT2D eigenvalue weighted by Gasteiger charge is 2.37. The van der Waals surface area contributed by atoms with Crippen molar-refractivity contribution in [3.05, 3.63) is 57.2 Å². The van der Waals surface area contributed by atoms with E-state index in [0.29, 0.717) is 52.6 Å². The number of carbonyl (C=O) groups is 1. The first kappa shape index (κ1) is 18.8. The molecule has 0 bridgehead atoms. The maximum Gasteiger partial charge on any atom is 0.281 e. The van der Waals surface area contributed by atoms with Crippen molar-refractivity contribution < 1.29 is 18.9 Å². The van der Waals surface area contributed by atoms with Crippen LogP contribution in [0.2, 0.25) is 0 Å². The number of hydrogen-bond donors (Lipinski definition) is 0. The third-order valence-electron chi connectivity index (χ3n) is 4.31. The van der Waals surface area contributed by atoms with Crippen LogP contribution in [0.25, 0.3) is 17.4 Å². The van der Waals surface area contributed by atoms with Gasteiger partial charge in [0.25, 0.3) is 11.6 Å². The van der Waals surface area contributed by atoms with Gasteiger partial charge in [-0.1, -0.05) is 36.1 Å². The molecule has 0 atom stereocenters. The van der Waals surface area contributed by atoms with Gasteiger partial charge in [-0.05, 0) is 18.2 Å². The van der Waals surface area contributed by atoms with Gasteiger partial charge in [-0.25, -0.2) is 10.0 Å². The topological polar surface area (TPSA) is 89.1 Å². The van der Waals surface area contributed by atoms with Crippen LogP contribution in [0.4, 0.5) is 5.69 Å². The number of carbonyl (C=O) groups excluding carboxylic acids is 1. The van der Waals surface area contributed by atoms with Gasteiger partial charge in [-0.3, -0.25) is 14.9 Å². The molecule has 3 heterocycles. The van der Waals surface area contributed by atoms with E-state index in [4.69, 9.17) is 21.4 Å². The Bertz CT molecular complexity index is 981. The third kappa shape index (κ3) is 3.59. The second-order valence-electron chi connectivity index (χ2n) is 6.04. The van der Waals surface area contributed by atoms with Crippen molar-refractivity contribution in [3.8, 4) is 11.3 Å². The highest BCUT2D eigenvalue weighted by Crippen LogP contribution is 2.36. The predicted octanol–water partition coefficient (Wildman–Crippen LogP) is 3.30. The van der Waals surface area contributed by atoms with Gasteiger partial charge < -0.3 is 9.15 Å². The Kier molecular flexibility index (Phi) is 5.27. The number of nitrogens with zero attached hydrogens (tertiary/aromatic N) is 3. The lowest BCUT2D eigenvalue weighted by molar-refractivity contribution is -0.384. The largest absolute Gasteiger partial charge is 0.456 e. The number of morpholine rings is 1. The Morgan fingerprint density at radius 1 is 1.18 bits per heavy atom. The summed E-state index contributed by atoms with van der Waals surface area (Å²) in [6.45, 7) is 2.30. The van der Waals surface area contributed by atoms with Crippen LogP contribution in [-0.2, 0) is 9.53 Å². The van der Waals surface area contributed by atoms with E-state index < -0.39 is 4.92 Å². The van der Waals surface area contributed by atoms with Crippen molar-refractivity contribution in [1.82, 2.24) is 10.0 Å². The van der Waals surface area contributed by atoms with E-state index in [9.17, 15) is 14.9 Å². The van der Waals surface area contributed by atoms with Crippen molar-refractivity contribution in [2.75, 3.05) is 26.3 Å². The molecule has 144 valence electrons.